The third-order valence-corrected chi connectivity index (χ3v) is 6.18. The molecule has 4 nitrogen and oxygen atoms in total. The molecule has 0 N–H and O–H groups in total. The fraction of sp³-hybridized carbons (Fsp3) is 0.250. The minimum absolute atomic E-state index is 0.0536. The van der Waals surface area contributed by atoms with Gasteiger partial charge in [0.2, 0.25) is 0 Å². The van der Waals surface area contributed by atoms with Gasteiger partial charge in [0.25, 0.3) is 0 Å². The first-order valence-electron chi connectivity index (χ1n) is 9.56. The lowest BCUT2D eigenvalue weighted by atomic mass is 9.75. The molecule has 1 aliphatic heterocycles. The van der Waals surface area contributed by atoms with Crippen molar-refractivity contribution < 1.29 is 14.3 Å². The second-order valence-corrected chi connectivity index (χ2v) is 7.52. The summed E-state index contributed by atoms with van der Waals surface area (Å²) in [5.41, 5.74) is 2.55. The Morgan fingerprint density at radius 2 is 1.71 bits per heavy atom. The second-order valence-electron chi connectivity index (χ2n) is 7.52. The molecule has 5 rings (SSSR count). The van der Waals surface area contributed by atoms with Crippen LogP contribution in [0.3, 0.4) is 0 Å². The number of methoxy groups -OCH3 is 1. The van der Waals surface area contributed by atoms with Gasteiger partial charge in [-0.25, -0.2) is 0 Å². The quantitative estimate of drug-likeness (QED) is 0.637. The highest BCUT2D eigenvalue weighted by molar-refractivity contribution is 5.83. The first-order valence-corrected chi connectivity index (χ1v) is 9.56. The van der Waals surface area contributed by atoms with Gasteiger partial charge in [0, 0.05) is 18.5 Å². The minimum atomic E-state index is -0.649. The molecule has 4 heteroatoms. The number of carbonyl (C=O) groups is 1. The number of esters is 1. The summed E-state index contributed by atoms with van der Waals surface area (Å²) in [5.74, 6) is 0.685. The van der Waals surface area contributed by atoms with E-state index in [9.17, 15) is 4.79 Å². The Kier molecular flexibility index (Phi) is 3.93. The molecule has 2 fully saturated rings. The van der Waals surface area contributed by atoms with E-state index in [1.807, 2.05) is 48.5 Å². The lowest BCUT2D eigenvalue weighted by Gasteiger charge is -2.44. The first kappa shape index (κ1) is 17.0. The average molecular weight is 371 g/mol. The predicted octanol–water partition coefficient (Wildman–Crippen LogP) is 4.43. The number of ether oxygens (including phenoxy) is 2. The maximum Gasteiger partial charge on any atom is 0.315 e. The van der Waals surface area contributed by atoms with Crippen LogP contribution in [0.1, 0.15) is 35.1 Å². The van der Waals surface area contributed by atoms with Gasteiger partial charge in [-0.3, -0.25) is 9.78 Å². The third kappa shape index (κ3) is 2.44. The number of benzene rings is 2. The van der Waals surface area contributed by atoms with Gasteiger partial charge in [0.05, 0.1) is 12.8 Å². The van der Waals surface area contributed by atoms with Gasteiger partial charge in [-0.2, -0.15) is 0 Å². The van der Waals surface area contributed by atoms with E-state index in [0.29, 0.717) is 0 Å². The normalized spacial score (nSPS) is 28.2. The molecule has 2 aromatic carbocycles. The van der Waals surface area contributed by atoms with Gasteiger partial charge in [-0.15, -0.1) is 0 Å². The van der Waals surface area contributed by atoms with E-state index in [4.69, 9.17) is 9.47 Å². The molecule has 0 unspecified atom stereocenters. The summed E-state index contributed by atoms with van der Waals surface area (Å²) in [6.07, 6.45) is 2.50. The van der Waals surface area contributed by atoms with Crippen molar-refractivity contribution in [3.8, 4) is 5.75 Å². The monoisotopic (exact) mass is 371 g/mol. The van der Waals surface area contributed by atoms with Crippen LogP contribution >= 0.6 is 0 Å². The van der Waals surface area contributed by atoms with Crippen molar-refractivity contribution in [1.29, 1.82) is 0 Å². The van der Waals surface area contributed by atoms with Crippen molar-refractivity contribution >= 4 is 5.97 Å². The highest BCUT2D eigenvalue weighted by Crippen LogP contribution is 2.65. The molecule has 2 aliphatic rings. The summed E-state index contributed by atoms with van der Waals surface area (Å²) in [6.45, 7) is 0. The van der Waals surface area contributed by atoms with Crippen molar-refractivity contribution in [2.75, 3.05) is 7.11 Å². The average Bonchev–Trinajstić information content (AvgIpc) is 3.04. The van der Waals surface area contributed by atoms with Crippen molar-refractivity contribution in [2.45, 2.75) is 23.9 Å². The van der Waals surface area contributed by atoms with Crippen LogP contribution < -0.4 is 4.74 Å². The zero-order valence-corrected chi connectivity index (χ0v) is 15.6. The number of pyridine rings is 1. The second kappa shape index (κ2) is 6.48. The van der Waals surface area contributed by atoms with Crippen LogP contribution in [0.25, 0.3) is 0 Å². The molecular weight excluding hydrogens is 350 g/mol. The molecular formula is C24H21NO3. The maximum atomic E-state index is 12.7. The van der Waals surface area contributed by atoms with E-state index < -0.39 is 5.60 Å². The summed E-state index contributed by atoms with van der Waals surface area (Å²) >= 11 is 0. The summed E-state index contributed by atoms with van der Waals surface area (Å²) in [4.78, 5) is 17.2. The first-order chi connectivity index (χ1) is 13.7. The highest BCUT2D eigenvalue weighted by atomic mass is 16.6. The molecule has 0 amide bonds. The van der Waals surface area contributed by atoms with Gasteiger partial charge < -0.3 is 9.47 Å². The number of fused-ring (bicyclic) bond motifs is 1. The number of rotatable bonds is 4. The standard InChI is InChI=1S/C24H21NO3/c1-27-18-12-10-16(11-13-18)19-15-24(20-9-5-6-14-25-20)22(23(26)28-24)21(19)17-7-3-2-4-8-17/h2-14,19,21-22H,15H2,1H3/t19-,21-,22+,24-/m1/s1. The molecule has 0 radical (unpaired) electrons. The smallest absolute Gasteiger partial charge is 0.315 e. The molecule has 3 aromatic rings. The van der Waals surface area contributed by atoms with E-state index >= 15 is 0 Å². The predicted molar refractivity (Wildman–Crippen MR) is 105 cm³/mol. The van der Waals surface area contributed by atoms with Crippen LogP contribution in [0, 0.1) is 5.92 Å². The lowest BCUT2D eigenvalue weighted by molar-refractivity contribution is -0.212. The van der Waals surface area contributed by atoms with E-state index in [-0.39, 0.29) is 23.7 Å². The van der Waals surface area contributed by atoms with Crippen LogP contribution in [-0.4, -0.2) is 18.1 Å². The van der Waals surface area contributed by atoms with Crippen LogP contribution in [0.2, 0.25) is 0 Å². The topological polar surface area (TPSA) is 48.4 Å². The molecule has 0 spiro atoms. The summed E-state index contributed by atoms with van der Waals surface area (Å²) in [5, 5.41) is 0. The van der Waals surface area contributed by atoms with E-state index in [1.54, 1.807) is 13.3 Å². The zero-order chi connectivity index (χ0) is 19.1. The van der Waals surface area contributed by atoms with Gasteiger partial charge >= 0.3 is 5.97 Å². The minimum Gasteiger partial charge on any atom is -0.497 e. The Balaban J connectivity index is 1.63. The Morgan fingerprint density at radius 1 is 0.964 bits per heavy atom. The Hall–Kier alpha value is -3.14. The van der Waals surface area contributed by atoms with Crippen LogP contribution in [0.15, 0.2) is 79.0 Å². The number of nitrogens with zero attached hydrogens (tertiary/aromatic N) is 1. The van der Waals surface area contributed by atoms with Crippen LogP contribution in [0.4, 0.5) is 0 Å². The summed E-state index contributed by atoms with van der Waals surface area (Å²) < 4.78 is 11.2. The maximum absolute atomic E-state index is 12.7. The fourth-order valence-corrected chi connectivity index (χ4v) is 4.94. The van der Waals surface area contributed by atoms with Crippen LogP contribution in [0.5, 0.6) is 5.75 Å². The van der Waals surface area contributed by atoms with Crippen molar-refractivity contribution in [1.82, 2.24) is 4.98 Å². The molecule has 1 aromatic heterocycles. The lowest BCUT2D eigenvalue weighted by Crippen LogP contribution is -2.53. The third-order valence-electron chi connectivity index (χ3n) is 6.18. The Bertz CT molecular complexity index is 987. The van der Waals surface area contributed by atoms with Crippen molar-refractivity contribution in [3.05, 3.63) is 95.8 Å². The molecule has 1 saturated carbocycles. The molecule has 28 heavy (non-hydrogen) atoms. The molecule has 140 valence electrons. The van der Waals surface area contributed by atoms with Crippen molar-refractivity contribution in [2.24, 2.45) is 5.92 Å². The number of hydrogen-bond donors (Lipinski definition) is 0. The number of carbonyl (C=O) groups excluding carboxylic acids is 1. The zero-order valence-electron chi connectivity index (χ0n) is 15.6. The van der Waals surface area contributed by atoms with Crippen molar-refractivity contribution in [3.63, 3.8) is 0 Å². The van der Waals surface area contributed by atoms with Gasteiger partial charge in [0.15, 0.2) is 5.60 Å². The molecule has 1 saturated heterocycles. The largest absolute Gasteiger partial charge is 0.497 e. The van der Waals surface area contributed by atoms with E-state index in [1.165, 1.54) is 11.1 Å². The highest BCUT2D eigenvalue weighted by Gasteiger charge is 2.68. The Morgan fingerprint density at radius 3 is 2.36 bits per heavy atom. The van der Waals surface area contributed by atoms with E-state index in [0.717, 1.165) is 17.9 Å². The number of aromatic nitrogens is 1. The molecule has 4 atom stereocenters. The fourth-order valence-electron chi connectivity index (χ4n) is 4.94. The van der Waals surface area contributed by atoms with Crippen LogP contribution in [-0.2, 0) is 15.1 Å². The molecule has 0 bridgehead atoms. The SMILES string of the molecule is COc1ccc([C@H]2C[C@]3(c4ccccn4)OC(=O)[C@@H]3[C@@H]2c2ccccc2)cc1. The van der Waals surface area contributed by atoms with Gasteiger partial charge in [0.1, 0.15) is 11.7 Å². The summed E-state index contributed by atoms with van der Waals surface area (Å²) in [6, 6.07) is 24.3. The van der Waals surface area contributed by atoms with Gasteiger partial charge in [-0.1, -0.05) is 48.5 Å². The molecule has 2 heterocycles. The molecule has 1 aliphatic carbocycles. The van der Waals surface area contributed by atoms with E-state index in [2.05, 4.69) is 29.2 Å². The Labute approximate surface area is 164 Å². The van der Waals surface area contributed by atoms with Gasteiger partial charge in [-0.05, 0) is 41.3 Å². The number of hydrogen-bond acceptors (Lipinski definition) is 4. The summed E-state index contributed by atoms with van der Waals surface area (Å²) in [7, 11) is 1.67.